The van der Waals surface area contributed by atoms with Gasteiger partial charge in [-0.3, -0.25) is 0 Å². The monoisotopic (exact) mass is 514 g/mol. The Bertz CT molecular complexity index is 917. The molecule has 1 unspecified atom stereocenters. The highest BCUT2D eigenvalue weighted by molar-refractivity contribution is 6.31. The van der Waals surface area contributed by atoms with Crippen molar-refractivity contribution in [2.45, 2.75) is 99.0 Å². The lowest BCUT2D eigenvalue weighted by molar-refractivity contribution is 0.237. The number of rotatable bonds is 13. The summed E-state index contributed by atoms with van der Waals surface area (Å²) in [6.07, 6.45) is 22.0. The summed E-state index contributed by atoms with van der Waals surface area (Å²) in [5.41, 5.74) is 3.82. The zero-order valence-electron chi connectivity index (χ0n) is 23.5. The molecule has 2 N–H and O–H groups in total. The van der Waals surface area contributed by atoms with Gasteiger partial charge in [0.2, 0.25) is 0 Å². The van der Waals surface area contributed by atoms with Crippen LogP contribution in [0.2, 0.25) is 0 Å². The van der Waals surface area contributed by atoms with E-state index in [0.29, 0.717) is 0 Å². The summed E-state index contributed by atoms with van der Waals surface area (Å²) < 4.78 is 0. The highest BCUT2D eigenvalue weighted by Crippen LogP contribution is 2.17. The van der Waals surface area contributed by atoms with Gasteiger partial charge in [-0.1, -0.05) is 81.9 Å². The molecule has 2 amide bonds. The van der Waals surface area contributed by atoms with E-state index >= 15 is 0 Å². The van der Waals surface area contributed by atoms with Gasteiger partial charge in [0.05, 0.1) is 0 Å². The van der Waals surface area contributed by atoms with E-state index in [-0.39, 0.29) is 12.1 Å². The molecule has 200 valence electrons. The zero-order valence-corrected chi connectivity index (χ0v) is 24.2. The first kappa shape index (κ1) is 31.5. The Morgan fingerprint density at radius 1 is 1.17 bits per heavy atom. The maximum Gasteiger partial charge on any atom is 0.319 e. The number of amidine groups is 1. The second kappa shape index (κ2) is 17.8. The Kier molecular flexibility index (Phi) is 15.6. The van der Waals surface area contributed by atoms with Crippen molar-refractivity contribution in [2.75, 3.05) is 7.05 Å². The van der Waals surface area contributed by atoms with Crippen molar-refractivity contribution in [1.29, 1.82) is 0 Å². The summed E-state index contributed by atoms with van der Waals surface area (Å²) in [7, 11) is 2.03. The fourth-order valence-corrected chi connectivity index (χ4v) is 3.90. The summed E-state index contributed by atoms with van der Waals surface area (Å²) in [5.74, 6) is 0.953. The minimum absolute atomic E-state index is 0.144. The first-order valence-electron chi connectivity index (χ1n) is 13.4. The third-order valence-electron chi connectivity index (χ3n) is 5.94. The van der Waals surface area contributed by atoms with Crippen LogP contribution in [0.25, 0.3) is 0 Å². The van der Waals surface area contributed by atoms with Crippen molar-refractivity contribution in [3.05, 3.63) is 70.2 Å². The Hall–Kier alpha value is -2.53. The van der Waals surface area contributed by atoms with Crippen LogP contribution in [0, 0.1) is 0 Å². The van der Waals surface area contributed by atoms with E-state index in [1.807, 2.05) is 64.3 Å². The first-order chi connectivity index (χ1) is 17.2. The fraction of sp³-hybridized carbons (Fsp3) is 0.533. The average molecular weight is 515 g/mol. The van der Waals surface area contributed by atoms with Gasteiger partial charge in [-0.15, -0.1) is 0 Å². The lowest BCUT2D eigenvalue weighted by atomic mass is 10.0. The molecule has 6 heteroatoms. The fourth-order valence-electron chi connectivity index (χ4n) is 3.83. The minimum Gasteiger partial charge on any atom is -0.336 e. The molecule has 1 atom stereocenters. The number of carbonyl (C=O) groups excluding carboxylic acids is 1. The quantitative estimate of drug-likeness (QED) is 0.112. The number of carbonyl (C=O) groups is 1. The number of allylic oxidation sites excluding steroid dienone is 10. The Balaban J connectivity index is 2.94. The molecule has 0 aromatic carbocycles. The number of halogens is 1. The van der Waals surface area contributed by atoms with Gasteiger partial charge >= 0.3 is 6.03 Å². The third-order valence-corrected chi connectivity index (χ3v) is 6.45. The van der Waals surface area contributed by atoms with Crippen LogP contribution in [0.5, 0.6) is 0 Å². The van der Waals surface area contributed by atoms with Crippen molar-refractivity contribution < 1.29 is 4.79 Å². The number of nitrogens with zero attached hydrogens (tertiary/aromatic N) is 2. The van der Waals surface area contributed by atoms with Crippen LogP contribution in [0.15, 0.2) is 75.2 Å². The van der Waals surface area contributed by atoms with Gasteiger partial charge < -0.3 is 15.5 Å². The van der Waals surface area contributed by atoms with Crippen LogP contribution in [0.1, 0.15) is 92.9 Å². The van der Waals surface area contributed by atoms with Crippen LogP contribution >= 0.6 is 11.6 Å². The van der Waals surface area contributed by atoms with E-state index in [1.54, 1.807) is 0 Å². The second-order valence-electron chi connectivity index (χ2n) is 9.43. The first-order valence-corrected chi connectivity index (χ1v) is 13.7. The summed E-state index contributed by atoms with van der Waals surface area (Å²) in [6.45, 7) is 12.4. The SMILES string of the molecule is CCCCCC(CCC)NC(=O)NC1=CC=CCC(N(C)\C(CC)=N/C(C)=C/C=C\C(Cl)=C(C)C)=C1. The number of hydrogen-bond acceptors (Lipinski definition) is 2. The van der Waals surface area contributed by atoms with Gasteiger partial charge in [-0.2, -0.15) is 0 Å². The molecule has 5 nitrogen and oxygen atoms in total. The van der Waals surface area contributed by atoms with Crippen LogP contribution in [-0.2, 0) is 0 Å². The van der Waals surface area contributed by atoms with Gasteiger partial charge in [-0.05, 0) is 57.9 Å². The molecule has 36 heavy (non-hydrogen) atoms. The molecule has 0 saturated carbocycles. The smallest absolute Gasteiger partial charge is 0.319 e. The maximum absolute atomic E-state index is 12.8. The van der Waals surface area contributed by atoms with Crippen LogP contribution < -0.4 is 10.6 Å². The summed E-state index contributed by atoms with van der Waals surface area (Å²) in [4.78, 5) is 19.7. The summed E-state index contributed by atoms with van der Waals surface area (Å²) >= 11 is 6.19. The molecule has 1 rings (SSSR count). The standard InChI is InChI=1S/C30H47ClN4O/c1-8-11-12-18-25(16-9-2)33-30(36)34-26-19-13-14-20-27(22-26)35(7)29(10-3)32-24(6)17-15-21-28(31)23(4)5/h13-15,17,19,21-22,25H,8-12,16,18,20H2,1-7H3,(H2,33,34,36)/b21-15-,24-17+,32-29-. The van der Waals surface area contributed by atoms with Crippen molar-refractivity contribution in [3.8, 4) is 0 Å². The topological polar surface area (TPSA) is 56.7 Å². The van der Waals surface area contributed by atoms with Gasteiger partial charge in [0.15, 0.2) is 0 Å². The van der Waals surface area contributed by atoms with Gasteiger partial charge in [0, 0.05) is 48.1 Å². The highest BCUT2D eigenvalue weighted by atomic mass is 35.5. The lowest BCUT2D eigenvalue weighted by Gasteiger charge is -2.24. The second-order valence-corrected chi connectivity index (χ2v) is 9.83. The molecule has 0 saturated heterocycles. The minimum atomic E-state index is -0.144. The zero-order chi connectivity index (χ0) is 26.9. The van der Waals surface area contributed by atoms with Crippen LogP contribution in [0.3, 0.4) is 0 Å². The molecule has 0 fully saturated rings. The predicted molar refractivity (Wildman–Crippen MR) is 157 cm³/mol. The number of amides is 2. The molecule has 0 bridgehead atoms. The van der Waals surface area contributed by atoms with Gasteiger partial charge in [0.1, 0.15) is 5.84 Å². The molecule has 0 radical (unpaired) electrons. The third kappa shape index (κ3) is 12.4. The van der Waals surface area contributed by atoms with E-state index in [1.165, 1.54) is 12.8 Å². The Labute approximate surface area is 224 Å². The highest BCUT2D eigenvalue weighted by Gasteiger charge is 2.15. The number of aliphatic imine (C=N–C) groups is 1. The predicted octanol–water partition coefficient (Wildman–Crippen LogP) is 8.50. The number of unbranched alkanes of at least 4 members (excludes halogenated alkanes) is 2. The molecule has 1 aliphatic carbocycles. The molecule has 1 aliphatic rings. The summed E-state index contributed by atoms with van der Waals surface area (Å²) in [5, 5.41) is 6.96. The number of urea groups is 1. The maximum atomic E-state index is 12.8. The molecular formula is C30H47ClN4O. The number of hydrogen-bond donors (Lipinski definition) is 2. The Morgan fingerprint density at radius 3 is 2.56 bits per heavy atom. The molecule has 0 heterocycles. The van der Waals surface area contributed by atoms with Gasteiger partial charge in [-0.25, -0.2) is 9.79 Å². The molecule has 0 aliphatic heterocycles. The molecule has 0 aromatic rings. The van der Waals surface area contributed by atoms with E-state index in [9.17, 15) is 4.79 Å². The lowest BCUT2D eigenvalue weighted by Crippen LogP contribution is -2.41. The largest absolute Gasteiger partial charge is 0.336 e. The Morgan fingerprint density at radius 2 is 1.92 bits per heavy atom. The molecule has 0 spiro atoms. The summed E-state index contributed by atoms with van der Waals surface area (Å²) in [6, 6.07) is 0.0681. The number of nitrogens with one attached hydrogen (secondary N) is 2. The van der Waals surface area contributed by atoms with E-state index < -0.39 is 0 Å². The molecular weight excluding hydrogens is 468 g/mol. The van der Waals surface area contributed by atoms with E-state index in [2.05, 4.69) is 42.4 Å². The van der Waals surface area contributed by atoms with Gasteiger partial charge in [0.25, 0.3) is 0 Å². The van der Waals surface area contributed by atoms with Crippen LogP contribution in [-0.4, -0.2) is 29.9 Å². The average Bonchev–Trinajstić information content (AvgIpc) is 3.07. The van der Waals surface area contributed by atoms with Crippen molar-refractivity contribution in [1.82, 2.24) is 15.5 Å². The molecule has 0 aromatic heterocycles. The van der Waals surface area contributed by atoms with Crippen molar-refractivity contribution >= 4 is 23.5 Å². The van der Waals surface area contributed by atoms with E-state index in [4.69, 9.17) is 16.6 Å². The normalized spacial score (nSPS) is 15.2. The van der Waals surface area contributed by atoms with Crippen molar-refractivity contribution in [2.24, 2.45) is 4.99 Å². The van der Waals surface area contributed by atoms with Crippen molar-refractivity contribution in [3.63, 3.8) is 0 Å². The van der Waals surface area contributed by atoms with Crippen LogP contribution in [0.4, 0.5) is 4.79 Å². The van der Waals surface area contributed by atoms with E-state index in [0.717, 1.165) is 72.1 Å².